The smallest absolute Gasteiger partial charge is 0.183 e. The van der Waals surface area contributed by atoms with Crippen LogP contribution in [0.25, 0.3) is 11.2 Å². The van der Waals surface area contributed by atoms with Gasteiger partial charge in [0.1, 0.15) is 24.1 Å². The summed E-state index contributed by atoms with van der Waals surface area (Å²) in [5.74, 6) is 2.61. The molecule has 0 bridgehead atoms. The molecule has 0 unspecified atom stereocenters. The van der Waals surface area contributed by atoms with Gasteiger partial charge in [-0.1, -0.05) is 5.92 Å². The molecule has 22 heavy (non-hydrogen) atoms. The van der Waals surface area contributed by atoms with Crippen LogP contribution in [0.15, 0.2) is 12.7 Å². The van der Waals surface area contributed by atoms with Crippen LogP contribution in [0.5, 0.6) is 0 Å². The van der Waals surface area contributed by atoms with E-state index in [0.717, 1.165) is 0 Å². The lowest BCUT2D eigenvalue weighted by Crippen LogP contribution is -2.47. The number of aromatic nitrogens is 4. The number of hydrogen-bond donors (Lipinski definition) is 4. The predicted octanol–water partition coefficient (Wildman–Crippen LogP) is -1.52. The van der Waals surface area contributed by atoms with E-state index >= 15 is 0 Å². The Labute approximate surface area is 125 Å². The monoisotopic (exact) mass is 305 g/mol. The van der Waals surface area contributed by atoms with Gasteiger partial charge in [-0.2, -0.15) is 0 Å². The first-order valence-electron chi connectivity index (χ1n) is 6.56. The van der Waals surface area contributed by atoms with Crippen molar-refractivity contribution in [3.8, 4) is 12.3 Å². The third kappa shape index (κ3) is 1.86. The van der Waals surface area contributed by atoms with Crippen molar-refractivity contribution < 1.29 is 20.1 Å². The second kappa shape index (κ2) is 5.19. The molecule has 1 aliphatic rings. The number of terminal acetylenes is 1. The third-order valence-corrected chi connectivity index (χ3v) is 3.78. The minimum absolute atomic E-state index is 0.404. The lowest BCUT2D eigenvalue weighted by Gasteiger charge is -2.23. The average molecular weight is 305 g/mol. The van der Waals surface area contributed by atoms with Gasteiger partial charge in [0.2, 0.25) is 0 Å². The second-order valence-corrected chi connectivity index (χ2v) is 4.91. The fraction of sp³-hybridized carbons (Fsp3) is 0.462. The molecule has 1 fully saturated rings. The summed E-state index contributed by atoms with van der Waals surface area (Å²) in [6.07, 6.45) is 4.45. The highest BCUT2D eigenvalue weighted by Crippen LogP contribution is 2.38. The highest BCUT2D eigenvalue weighted by Gasteiger charge is 2.55. The maximum Gasteiger partial charge on any atom is 0.183 e. The Balaban J connectivity index is 2.08. The summed E-state index contributed by atoms with van der Waals surface area (Å²) in [4.78, 5) is 12.3. The van der Waals surface area contributed by atoms with Gasteiger partial charge in [0.25, 0.3) is 0 Å². The molecular weight excluding hydrogens is 290 g/mol. The largest absolute Gasteiger partial charge is 0.394 e. The van der Waals surface area contributed by atoms with Crippen LogP contribution in [0.4, 0.5) is 5.82 Å². The first kappa shape index (κ1) is 14.7. The standard InChI is InChI=1S/C13H15N5O4/c1-3-13(21)7(4-19)22-12(9(13)20)18-6-17-8-10(14-2)15-5-16-11(8)18/h1,5-7,9,12,19-21H,4H2,2H3,(H,14,15,16)/t7-,9+,12-,13-/m1/s1. The summed E-state index contributed by atoms with van der Waals surface area (Å²) in [5, 5.41) is 32.8. The van der Waals surface area contributed by atoms with E-state index in [2.05, 4.69) is 26.2 Å². The SMILES string of the molecule is C#C[C@@]1(O)[C@@H](CO)O[C@@H](n2cnc3c(NC)ncnc32)[C@@H]1O. The van der Waals surface area contributed by atoms with E-state index in [1.807, 2.05) is 0 Å². The second-order valence-electron chi connectivity index (χ2n) is 4.91. The first-order chi connectivity index (χ1) is 10.6. The summed E-state index contributed by atoms with van der Waals surface area (Å²) >= 11 is 0. The van der Waals surface area contributed by atoms with Crippen molar-refractivity contribution in [2.45, 2.75) is 24.0 Å². The van der Waals surface area contributed by atoms with Crippen LogP contribution >= 0.6 is 0 Å². The number of aliphatic hydroxyl groups excluding tert-OH is 2. The average Bonchev–Trinajstić information content (AvgIpc) is 3.08. The molecule has 0 radical (unpaired) electrons. The number of nitrogens with zero attached hydrogens (tertiary/aromatic N) is 4. The molecule has 0 aromatic carbocycles. The molecule has 4 N–H and O–H groups in total. The Morgan fingerprint density at radius 2 is 2.27 bits per heavy atom. The molecule has 4 atom stereocenters. The van der Waals surface area contributed by atoms with Gasteiger partial charge in [-0.15, -0.1) is 6.42 Å². The number of nitrogens with one attached hydrogen (secondary N) is 1. The molecular formula is C13H15N5O4. The quantitative estimate of drug-likeness (QED) is 0.504. The van der Waals surface area contributed by atoms with Gasteiger partial charge in [-0.05, 0) is 0 Å². The fourth-order valence-corrected chi connectivity index (χ4v) is 2.55. The van der Waals surface area contributed by atoms with Gasteiger partial charge in [-0.3, -0.25) is 4.57 Å². The molecule has 0 amide bonds. The van der Waals surface area contributed by atoms with E-state index in [9.17, 15) is 15.3 Å². The molecule has 1 aliphatic heterocycles. The Bertz CT molecular complexity index is 742. The number of aliphatic hydroxyl groups is 3. The lowest BCUT2D eigenvalue weighted by molar-refractivity contribution is -0.0605. The molecule has 2 aromatic heterocycles. The number of imidazole rings is 1. The van der Waals surface area contributed by atoms with E-state index in [-0.39, 0.29) is 0 Å². The number of fused-ring (bicyclic) bond motifs is 1. The lowest BCUT2D eigenvalue weighted by atomic mass is 9.93. The zero-order chi connectivity index (χ0) is 15.9. The van der Waals surface area contributed by atoms with Gasteiger partial charge < -0.3 is 25.4 Å². The maximum atomic E-state index is 10.3. The predicted molar refractivity (Wildman–Crippen MR) is 75.7 cm³/mol. The van der Waals surface area contributed by atoms with Gasteiger partial charge in [0.15, 0.2) is 23.3 Å². The van der Waals surface area contributed by atoms with Crippen molar-refractivity contribution in [1.29, 1.82) is 0 Å². The molecule has 9 heteroatoms. The zero-order valence-corrected chi connectivity index (χ0v) is 11.7. The van der Waals surface area contributed by atoms with Crippen molar-refractivity contribution in [1.82, 2.24) is 19.5 Å². The molecule has 2 aromatic rings. The van der Waals surface area contributed by atoms with Crippen molar-refractivity contribution in [3.63, 3.8) is 0 Å². The van der Waals surface area contributed by atoms with Gasteiger partial charge in [0, 0.05) is 7.05 Å². The molecule has 116 valence electrons. The van der Waals surface area contributed by atoms with Gasteiger partial charge >= 0.3 is 0 Å². The number of hydrogen-bond acceptors (Lipinski definition) is 8. The van der Waals surface area contributed by atoms with Crippen molar-refractivity contribution in [3.05, 3.63) is 12.7 Å². The highest BCUT2D eigenvalue weighted by atomic mass is 16.6. The minimum atomic E-state index is -1.99. The summed E-state index contributed by atoms with van der Waals surface area (Å²) < 4.78 is 6.95. The molecule has 1 saturated heterocycles. The Morgan fingerprint density at radius 3 is 2.86 bits per heavy atom. The van der Waals surface area contributed by atoms with E-state index in [1.54, 1.807) is 7.05 Å². The van der Waals surface area contributed by atoms with E-state index < -0.39 is 30.6 Å². The fourth-order valence-electron chi connectivity index (χ4n) is 2.55. The van der Waals surface area contributed by atoms with Crippen LogP contribution in [-0.4, -0.2) is 66.3 Å². The summed E-state index contributed by atoms with van der Waals surface area (Å²) in [6.45, 7) is -0.530. The number of ether oxygens (including phenoxy) is 1. The Hall–Kier alpha value is -2.25. The van der Waals surface area contributed by atoms with Crippen LogP contribution in [0.3, 0.4) is 0 Å². The van der Waals surface area contributed by atoms with Gasteiger partial charge in [-0.25, -0.2) is 15.0 Å². The first-order valence-corrected chi connectivity index (χ1v) is 6.56. The van der Waals surface area contributed by atoms with Crippen LogP contribution in [-0.2, 0) is 4.74 Å². The van der Waals surface area contributed by atoms with Crippen LogP contribution in [0.1, 0.15) is 6.23 Å². The summed E-state index contributed by atoms with van der Waals surface area (Å²) in [7, 11) is 1.70. The van der Waals surface area contributed by atoms with E-state index in [4.69, 9.17) is 11.2 Å². The summed E-state index contributed by atoms with van der Waals surface area (Å²) in [5.41, 5.74) is -1.10. The highest BCUT2D eigenvalue weighted by molar-refractivity contribution is 5.82. The Morgan fingerprint density at radius 1 is 1.50 bits per heavy atom. The molecule has 0 spiro atoms. The molecule has 3 heterocycles. The van der Waals surface area contributed by atoms with E-state index in [0.29, 0.717) is 17.0 Å². The summed E-state index contributed by atoms with van der Waals surface area (Å²) in [6, 6.07) is 0. The van der Waals surface area contributed by atoms with Crippen molar-refractivity contribution in [2.24, 2.45) is 0 Å². The van der Waals surface area contributed by atoms with Crippen molar-refractivity contribution >= 4 is 17.0 Å². The molecule has 3 rings (SSSR count). The third-order valence-electron chi connectivity index (χ3n) is 3.78. The molecule has 9 nitrogen and oxygen atoms in total. The zero-order valence-electron chi connectivity index (χ0n) is 11.7. The molecule has 0 saturated carbocycles. The van der Waals surface area contributed by atoms with Crippen LogP contribution in [0.2, 0.25) is 0 Å². The minimum Gasteiger partial charge on any atom is -0.394 e. The number of rotatable bonds is 3. The topological polar surface area (TPSA) is 126 Å². The molecule has 0 aliphatic carbocycles. The van der Waals surface area contributed by atoms with Gasteiger partial charge in [0.05, 0.1) is 12.9 Å². The normalized spacial score (nSPS) is 31.3. The van der Waals surface area contributed by atoms with Crippen LogP contribution < -0.4 is 5.32 Å². The van der Waals surface area contributed by atoms with Crippen LogP contribution in [0, 0.1) is 12.3 Å². The van der Waals surface area contributed by atoms with Crippen molar-refractivity contribution in [2.75, 3.05) is 19.0 Å². The number of anilines is 1. The Kier molecular flexibility index (Phi) is 3.46. The maximum absolute atomic E-state index is 10.3. The van der Waals surface area contributed by atoms with E-state index in [1.165, 1.54) is 17.2 Å².